The van der Waals surface area contributed by atoms with E-state index in [1.165, 1.54) is 21.1 Å². The van der Waals surface area contributed by atoms with Crippen LogP contribution >= 0.6 is 23.4 Å². The van der Waals surface area contributed by atoms with Crippen LogP contribution in [0.4, 0.5) is 11.4 Å². The highest BCUT2D eigenvalue weighted by molar-refractivity contribution is 6.39. The average Bonchev–Trinajstić information content (AvgIpc) is 2.79. The summed E-state index contributed by atoms with van der Waals surface area (Å²) in [5, 5.41) is 8.05. The monoisotopic (exact) mass is 497 g/mol. The van der Waals surface area contributed by atoms with E-state index in [9.17, 15) is 9.59 Å². The molecule has 0 spiro atoms. The molecule has 0 saturated carbocycles. The van der Waals surface area contributed by atoms with Crippen molar-refractivity contribution in [1.82, 2.24) is 0 Å². The van der Waals surface area contributed by atoms with Crippen LogP contribution in [-0.2, 0) is 9.59 Å². The van der Waals surface area contributed by atoms with Gasteiger partial charge in [-0.05, 0) is 45.0 Å². The fraction of sp³-hybridized carbons (Fsp3) is 0.364. The molecule has 2 aromatic carbocycles. The third kappa shape index (κ3) is 6.27. The zero-order valence-electron chi connectivity index (χ0n) is 18.9. The van der Waals surface area contributed by atoms with Crippen LogP contribution in [0.1, 0.15) is 20.8 Å². The maximum atomic E-state index is 13.1. The molecule has 0 fully saturated rings. The number of ether oxygens (including phenoxy) is 4. The average molecular weight is 498 g/mol. The van der Waals surface area contributed by atoms with Crippen molar-refractivity contribution in [2.45, 2.75) is 26.8 Å². The summed E-state index contributed by atoms with van der Waals surface area (Å²) >= 11 is 12.6. The van der Waals surface area contributed by atoms with Crippen LogP contribution in [0.3, 0.4) is 0 Å². The van der Waals surface area contributed by atoms with E-state index in [2.05, 4.69) is 10.2 Å². The third-order valence-electron chi connectivity index (χ3n) is 4.32. The molecule has 2 rings (SSSR count). The number of anilines is 1. The minimum atomic E-state index is -1.53. The smallest absolute Gasteiger partial charge is 0.276 e. The van der Waals surface area contributed by atoms with Crippen molar-refractivity contribution < 1.29 is 28.5 Å². The molecule has 0 heterocycles. The van der Waals surface area contributed by atoms with E-state index < -0.39 is 17.7 Å². The van der Waals surface area contributed by atoms with Crippen molar-refractivity contribution >= 4 is 46.4 Å². The predicted molar refractivity (Wildman–Crippen MR) is 126 cm³/mol. The highest BCUT2D eigenvalue weighted by Gasteiger charge is 2.31. The lowest BCUT2D eigenvalue weighted by molar-refractivity contribution is -0.126. The van der Waals surface area contributed by atoms with Crippen LogP contribution in [0.5, 0.6) is 23.0 Å². The molecule has 11 heteroatoms. The molecule has 0 aliphatic rings. The second kappa shape index (κ2) is 12.3. The van der Waals surface area contributed by atoms with E-state index in [4.69, 9.17) is 42.3 Å². The van der Waals surface area contributed by atoms with Crippen molar-refractivity contribution in [3.63, 3.8) is 0 Å². The molecule has 9 nitrogen and oxygen atoms in total. The zero-order valence-corrected chi connectivity index (χ0v) is 20.4. The Hall–Kier alpha value is -3.04. The number of halogens is 2. The Morgan fingerprint density at radius 1 is 1.00 bits per heavy atom. The largest absolute Gasteiger partial charge is 0.495 e. The van der Waals surface area contributed by atoms with E-state index in [1.807, 2.05) is 6.92 Å². The number of amides is 1. The summed E-state index contributed by atoms with van der Waals surface area (Å²) < 4.78 is 22.2. The highest BCUT2D eigenvalue weighted by atomic mass is 35.5. The van der Waals surface area contributed by atoms with Gasteiger partial charge in [0.25, 0.3) is 5.91 Å². The first kappa shape index (κ1) is 26.2. The number of Topliss-reactive ketones (excluding diaryl/α,β-unsaturated/α-hetero) is 1. The number of ketones is 1. The first-order chi connectivity index (χ1) is 15.8. The number of benzene rings is 2. The standard InChI is InChI=1S/C22H25Cl2N3O6/c1-6-32-14-8-9-15(18(12-14)33-7-2)27(24)22(29)20(13(3)28)25-26-21-17(31-5)11-10-16(30-4)19(21)23/h8-12,20H,6-7H2,1-5H3. The lowest BCUT2D eigenvalue weighted by Crippen LogP contribution is -2.36. The molecule has 2 aromatic rings. The van der Waals surface area contributed by atoms with Gasteiger partial charge in [-0.1, -0.05) is 11.6 Å². The Labute approximate surface area is 202 Å². The van der Waals surface area contributed by atoms with Crippen LogP contribution in [0.2, 0.25) is 5.02 Å². The number of hydrogen-bond donors (Lipinski definition) is 0. The van der Waals surface area contributed by atoms with Crippen LogP contribution in [0.25, 0.3) is 0 Å². The van der Waals surface area contributed by atoms with E-state index in [1.54, 1.807) is 37.3 Å². The predicted octanol–water partition coefficient (Wildman–Crippen LogP) is 5.38. The molecular weight excluding hydrogens is 473 g/mol. The number of carbonyl (C=O) groups is 2. The lowest BCUT2D eigenvalue weighted by atomic mass is 10.2. The molecule has 0 bridgehead atoms. The number of carbonyl (C=O) groups excluding carboxylic acids is 2. The molecule has 33 heavy (non-hydrogen) atoms. The molecular formula is C22H25Cl2N3O6. The van der Waals surface area contributed by atoms with Crippen LogP contribution in [0.15, 0.2) is 40.6 Å². The molecule has 0 radical (unpaired) electrons. The van der Waals surface area contributed by atoms with E-state index in [0.29, 0.717) is 30.5 Å². The minimum absolute atomic E-state index is 0.106. The van der Waals surface area contributed by atoms with Crippen LogP contribution in [0, 0.1) is 0 Å². The normalized spacial score (nSPS) is 11.7. The van der Waals surface area contributed by atoms with Crippen LogP contribution in [-0.4, -0.2) is 45.2 Å². The number of methoxy groups -OCH3 is 2. The second-order valence-corrected chi connectivity index (χ2v) is 7.19. The topological polar surface area (TPSA) is 99.0 Å². The molecule has 0 aromatic heterocycles. The molecule has 0 aliphatic carbocycles. The Morgan fingerprint density at radius 2 is 1.64 bits per heavy atom. The van der Waals surface area contributed by atoms with Crippen molar-refractivity contribution in [2.24, 2.45) is 10.2 Å². The summed E-state index contributed by atoms with van der Waals surface area (Å²) in [6.45, 7) is 5.62. The lowest BCUT2D eigenvalue weighted by Gasteiger charge is -2.20. The van der Waals surface area contributed by atoms with Gasteiger partial charge in [0.1, 0.15) is 39.4 Å². The highest BCUT2D eigenvalue weighted by Crippen LogP contribution is 2.42. The summed E-state index contributed by atoms with van der Waals surface area (Å²) in [5.74, 6) is 0.0691. The Balaban J connectivity index is 2.41. The first-order valence-corrected chi connectivity index (χ1v) is 10.7. The number of azo groups is 1. The number of nitrogens with zero attached hydrogens (tertiary/aromatic N) is 3. The molecule has 178 valence electrons. The number of rotatable bonds is 11. The van der Waals surface area contributed by atoms with Crippen molar-refractivity contribution in [3.05, 3.63) is 35.4 Å². The number of hydrogen-bond acceptors (Lipinski definition) is 8. The molecule has 0 aliphatic heterocycles. The van der Waals surface area contributed by atoms with Gasteiger partial charge in [-0.2, -0.15) is 5.11 Å². The zero-order chi connectivity index (χ0) is 24.5. The van der Waals surface area contributed by atoms with Crippen LogP contribution < -0.4 is 23.4 Å². The van der Waals surface area contributed by atoms with E-state index >= 15 is 0 Å². The molecule has 0 N–H and O–H groups in total. The third-order valence-corrected chi connectivity index (χ3v) is 5.04. The summed E-state index contributed by atoms with van der Waals surface area (Å²) in [6, 6.07) is 6.43. The van der Waals surface area contributed by atoms with Gasteiger partial charge in [-0.3, -0.25) is 9.59 Å². The van der Waals surface area contributed by atoms with Crippen molar-refractivity contribution in [3.8, 4) is 23.0 Å². The van der Waals surface area contributed by atoms with Crippen molar-refractivity contribution in [1.29, 1.82) is 0 Å². The summed E-state index contributed by atoms with van der Waals surface area (Å²) in [5.41, 5.74) is 0.333. The summed E-state index contributed by atoms with van der Waals surface area (Å²) in [6.07, 6.45) is 0. The van der Waals surface area contributed by atoms with Gasteiger partial charge < -0.3 is 18.9 Å². The Morgan fingerprint density at radius 3 is 2.21 bits per heavy atom. The van der Waals surface area contributed by atoms with Gasteiger partial charge in [0.2, 0.25) is 6.04 Å². The molecule has 1 unspecified atom stereocenters. The summed E-state index contributed by atoms with van der Waals surface area (Å²) in [7, 11) is 2.86. The SMILES string of the molecule is CCOc1ccc(N(Cl)C(=O)C(N=Nc2c(OC)ccc(OC)c2Cl)C(C)=O)c(OCC)c1. The van der Waals surface area contributed by atoms with Gasteiger partial charge >= 0.3 is 0 Å². The molecule has 1 amide bonds. The van der Waals surface area contributed by atoms with Gasteiger partial charge in [-0.15, -0.1) is 5.11 Å². The fourth-order valence-corrected chi connectivity index (χ4v) is 3.28. The van der Waals surface area contributed by atoms with Gasteiger partial charge in [0, 0.05) is 17.8 Å². The van der Waals surface area contributed by atoms with E-state index in [-0.39, 0.29) is 22.1 Å². The Bertz CT molecular complexity index is 1030. The fourth-order valence-electron chi connectivity index (χ4n) is 2.77. The first-order valence-electron chi connectivity index (χ1n) is 10.00. The van der Waals surface area contributed by atoms with E-state index in [0.717, 1.165) is 4.42 Å². The quantitative estimate of drug-likeness (QED) is 0.234. The molecule has 1 atom stereocenters. The van der Waals surface area contributed by atoms with Gasteiger partial charge in [0.05, 0.1) is 27.4 Å². The summed E-state index contributed by atoms with van der Waals surface area (Å²) in [4.78, 5) is 25.3. The maximum absolute atomic E-state index is 13.1. The molecule has 0 saturated heterocycles. The Kier molecular flexibility index (Phi) is 9.74. The second-order valence-electron chi connectivity index (χ2n) is 6.48. The van der Waals surface area contributed by atoms with Crippen molar-refractivity contribution in [2.75, 3.05) is 31.9 Å². The van der Waals surface area contributed by atoms with Gasteiger partial charge in [0.15, 0.2) is 5.78 Å². The minimum Gasteiger partial charge on any atom is -0.495 e. The van der Waals surface area contributed by atoms with Gasteiger partial charge in [-0.25, -0.2) is 4.42 Å². The maximum Gasteiger partial charge on any atom is 0.276 e.